The van der Waals surface area contributed by atoms with E-state index in [9.17, 15) is 0 Å². The van der Waals surface area contributed by atoms with E-state index in [0.717, 1.165) is 13.0 Å². The van der Waals surface area contributed by atoms with E-state index < -0.39 is 0 Å². The van der Waals surface area contributed by atoms with Crippen molar-refractivity contribution < 1.29 is 0 Å². The molecule has 1 aromatic rings. The van der Waals surface area contributed by atoms with Crippen LogP contribution in [0.15, 0.2) is 18.2 Å². The summed E-state index contributed by atoms with van der Waals surface area (Å²) >= 11 is 12.1. The van der Waals surface area contributed by atoms with Crippen molar-refractivity contribution in [3.05, 3.63) is 33.8 Å². The fraction of sp³-hybridized carbons (Fsp3) is 0.647. The third-order valence-electron chi connectivity index (χ3n) is 4.07. The Morgan fingerprint density at radius 2 is 1.60 bits per heavy atom. The Balaban J connectivity index is 2.74. The molecule has 0 heterocycles. The molecule has 1 unspecified atom stereocenters. The predicted octanol–water partition coefficient (Wildman–Crippen LogP) is 5.96. The van der Waals surface area contributed by atoms with Gasteiger partial charge in [-0.05, 0) is 48.4 Å². The Morgan fingerprint density at radius 3 is 2.05 bits per heavy atom. The molecule has 1 rings (SSSR count). The highest BCUT2D eigenvalue weighted by molar-refractivity contribution is 6.42. The van der Waals surface area contributed by atoms with Gasteiger partial charge in [-0.1, -0.05) is 63.9 Å². The van der Waals surface area contributed by atoms with Gasteiger partial charge in [-0.3, -0.25) is 0 Å². The van der Waals surface area contributed by atoms with Gasteiger partial charge in [0.2, 0.25) is 0 Å². The maximum absolute atomic E-state index is 6.12. The highest BCUT2D eigenvalue weighted by Gasteiger charge is 2.19. The SMILES string of the molecule is CCC(NCC(C(C)C)C(C)C)c1ccc(Cl)c(Cl)c1. The maximum atomic E-state index is 6.12. The van der Waals surface area contributed by atoms with Crippen LogP contribution in [0.2, 0.25) is 10.0 Å². The summed E-state index contributed by atoms with van der Waals surface area (Å²) in [5, 5.41) is 4.94. The first-order valence-electron chi connectivity index (χ1n) is 7.55. The second kappa shape index (κ2) is 8.26. The van der Waals surface area contributed by atoms with Gasteiger partial charge in [0.25, 0.3) is 0 Å². The third kappa shape index (κ3) is 4.95. The molecule has 0 aliphatic rings. The first kappa shape index (κ1) is 17.8. The molecule has 1 atom stereocenters. The Hall–Kier alpha value is -0.240. The fourth-order valence-corrected chi connectivity index (χ4v) is 3.05. The van der Waals surface area contributed by atoms with Gasteiger partial charge >= 0.3 is 0 Å². The first-order valence-corrected chi connectivity index (χ1v) is 8.30. The number of nitrogens with one attached hydrogen (secondary N) is 1. The Labute approximate surface area is 134 Å². The van der Waals surface area contributed by atoms with Crippen LogP contribution in [0.4, 0.5) is 0 Å². The Bertz CT molecular complexity index is 407. The molecule has 0 bridgehead atoms. The van der Waals surface area contributed by atoms with Crippen LogP contribution in [0.1, 0.15) is 52.6 Å². The zero-order chi connectivity index (χ0) is 15.3. The smallest absolute Gasteiger partial charge is 0.0595 e. The summed E-state index contributed by atoms with van der Waals surface area (Å²) in [5.41, 5.74) is 1.22. The molecule has 0 radical (unpaired) electrons. The van der Waals surface area contributed by atoms with Gasteiger partial charge in [0.1, 0.15) is 0 Å². The monoisotopic (exact) mass is 315 g/mol. The van der Waals surface area contributed by atoms with E-state index in [1.54, 1.807) is 0 Å². The molecule has 114 valence electrons. The van der Waals surface area contributed by atoms with Gasteiger partial charge in [-0.2, -0.15) is 0 Å². The average molecular weight is 316 g/mol. The van der Waals surface area contributed by atoms with Crippen molar-refractivity contribution in [3.8, 4) is 0 Å². The Kier molecular flexibility index (Phi) is 7.36. The third-order valence-corrected chi connectivity index (χ3v) is 4.81. The Morgan fingerprint density at radius 1 is 1.00 bits per heavy atom. The molecule has 0 aromatic heterocycles. The second-order valence-electron chi connectivity index (χ2n) is 6.19. The zero-order valence-electron chi connectivity index (χ0n) is 13.2. The largest absolute Gasteiger partial charge is 0.310 e. The number of benzene rings is 1. The molecule has 0 aliphatic carbocycles. The van der Waals surface area contributed by atoms with Crippen LogP contribution in [0, 0.1) is 17.8 Å². The molecule has 0 aliphatic heterocycles. The quantitative estimate of drug-likeness (QED) is 0.654. The predicted molar refractivity (Wildman–Crippen MR) is 90.7 cm³/mol. The molecule has 3 heteroatoms. The molecule has 1 N–H and O–H groups in total. The van der Waals surface area contributed by atoms with Crippen molar-refractivity contribution in [2.24, 2.45) is 17.8 Å². The lowest BCUT2D eigenvalue weighted by Gasteiger charge is -2.28. The highest BCUT2D eigenvalue weighted by atomic mass is 35.5. The van der Waals surface area contributed by atoms with Crippen LogP contribution < -0.4 is 5.32 Å². The minimum absolute atomic E-state index is 0.338. The van der Waals surface area contributed by atoms with Gasteiger partial charge in [-0.25, -0.2) is 0 Å². The van der Waals surface area contributed by atoms with Crippen molar-refractivity contribution in [2.45, 2.75) is 47.1 Å². The summed E-state index contributed by atoms with van der Waals surface area (Å²) in [5.74, 6) is 2.06. The van der Waals surface area contributed by atoms with Crippen molar-refractivity contribution in [2.75, 3.05) is 6.54 Å². The molecule has 0 amide bonds. The minimum atomic E-state index is 0.338. The lowest BCUT2D eigenvalue weighted by molar-refractivity contribution is 0.264. The molecule has 1 nitrogen and oxygen atoms in total. The van der Waals surface area contributed by atoms with Crippen LogP contribution in [-0.4, -0.2) is 6.54 Å². The van der Waals surface area contributed by atoms with Gasteiger partial charge in [0.15, 0.2) is 0 Å². The van der Waals surface area contributed by atoms with Crippen molar-refractivity contribution in [1.29, 1.82) is 0 Å². The highest BCUT2D eigenvalue weighted by Crippen LogP contribution is 2.28. The first-order chi connectivity index (χ1) is 9.36. The zero-order valence-corrected chi connectivity index (χ0v) is 14.7. The summed E-state index contributed by atoms with van der Waals surface area (Å²) in [6.07, 6.45) is 1.04. The van der Waals surface area contributed by atoms with E-state index in [0.29, 0.717) is 33.8 Å². The average Bonchev–Trinajstić information content (AvgIpc) is 2.37. The van der Waals surface area contributed by atoms with Crippen molar-refractivity contribution in [3.63, 3.8) is 0 Å². The summed E-state index contributed by atoms with van der Waals surface area (Å²) in [6, 6.07) is 6.26. The van der Waals surface area contributed by atoms with E-state index in [-0.39, 0.29) is 0 Å². The van der Waals surface area contributed by atoms with Crippen LogP contribution in [0.5, 0.6) is 0 Å². The van der Waals surface area contributed by atoms with Gasteiger partial charge in [0, 0.05) is 6.04 Å². The molecular weight excluding hydrogens is 289 g/mol. The second-order valence-corrected chi connectivity index (χ2v) is 7.01. The van der Waals surface area contributed by atoms with E-state index in [2.05, 4.69) is 46.0 Å². The molecule has 0 saturated carbocycles. The van der Waals surface area contributed by atoms with Crippen molar-refractivity contribution in [1.82, 2.24) is 5.32 Å². The maximum Gasteiger partial charge on any atom is 0.0595 e. The number of hydrogen-bond acceptors (Lipinski definition) is 1. The van der Waals surface area contributed by atoms with E-state index >= 15 is 0 Å². The fourth-order valence-electron chi connectivity index (χ4n) is 2.75. The lowest BCUT2D eigenvalue weighted by Crippen LogP contribution is -2.32. The topological polar surface area (TPSA) is 12.0 Å². The molecule has 0 fully saturated rings. The van der Waals surface area contributed by atoms with E-state index in [1.807, 2.05) is 12.1 Å². The molecular formula is C17H27Cl2N. The van der Waals surface area contributed by atoms with Gasteiger partial charge in [0.05, 0.1) is 10.0 Å². The summed E-state index contributed by atoms with van der Waals surface area (Å²) in [7, 11) is 0. The number of rotatable bonds is 7. The standard InChI is InChI=1S/C17H27Cl2N/c1-6-17(13-7-8-15(18)16(19)9-13)20-10-14(11(2)3)12(4)5/h7-9,11-12,14,17,20H,6,10H2,1-5H3. The summed E-state index contributed by atoms with van der Waals surface area (Å²) in [4.78, 5) is 0. The molecule has 20 heavy (non-hydrogen) atoms. The van der Waals surface area contributed by atoms with Gasteiger partial charge in [-0.15, -0.1) is 0 Å². The normalized spacial score (nSPS) is 13.5. The van der Waals surface area contributed by atoms with E-state index in [4.69, 9.17) is 23.2 Å². The number of halogens is 2. The molecule has 1 aromatic carbocycles. The molecule has 0 saturated heterocycles. The van der Waals surface area contributed by atoms with Crippen LogP contribution in [0.25, 0.3) is 0 Å². The minimum Gasteiger partial charge on any atom is -0.310 e. The lowest BCUT2D eigenvalue weighted by atomic mass is 9.85. The van der Waals surface area contributed by atoms with Crippen LogP contribution >= 0.6 is 23.2 Å². The van der Waals surface area contributed by atoms with Crippen LogP contribution in [-0.2, 0) is 0 Å². The van der Waals surface area contributed by atoms with Crippen LogP contribution in [0.3, 0.4) is 0 Å². The number of hydrogen-bond donors (Lipinski definition) is 1. The summed E-state index contributed by atoms with van der Waals surface area (Å²) < 4.78 is 0. The molecule has 0 spiro atoms. The van der Waals surface area contributed by atoms with Gasteiger partial charge < -0.3 is 5.32 Å². The summed E-state index contributed by atoms with van der Waals surface area (Å²) in [6.45, 7) is 12.4. The van der Waals surface area contributed by atoms with E-state index in [1.165, 1.54) is 5.56 Å². The van der Waals surface area contributed by atoms with Crippen molar-refractivity contribution >= 4 is 23.2 Å².